The molecule has 96 valence electrons. The van der Waals surface area contributed by atoms with Gasteiger partial charge in [0.25, 0.3) is 0 Å². The van der Waals surface area contributed by atoms with Crippen molar-refractivity contribution in [3.05, 3.63) is 29.0 Å². The molecule has 0 aliphatic rings. The minimum Gasteiger partial charge on any atom is -0.493 e. The maximum absolute atomic E-state index is 12.9. The molecule has 0 bridgehead atoms. The fourth-order valence-corrected chi connectivity index (χ4v) is 1.55. The molecule has 0 saturated carbocycles. The summed E-state index contributed by atoms with van der Waals surface area (Å²) in [5.41, 5.74) is 5.53. The molecule has 5 heteroatoms. The molecule has 1 aromatic carbocycles. The zero-order valence-corrected chi connectivity index (χ0v) is 10.5. The van der Waals surface area contributed by atoms with E-state index in [-0.39, 0.29) is 11.1 Å². The van der Waals surface area contributed by atoms with Crippen LogP contribution in [0, 0.1) is 5.82 Å². The normalized spacial score (nSPS) is 12.5. The molecule has 2 N–H and O–H groups in total. The van der Waals surface area contributed by atoms with Crippen LogP contribution in [0.1, 0.15) is 13.3 Å². The van der Waals surface area contributed by atoms with Crippen molar-refractivity contribution in [2.24, 2.45) is 5.73 Å². The Kier molecular flexibility index (Phi) is 6.26. The molecule has 0 aliphatic heterocycles. The van der Waals surface area contributed by atoms with E-state index in [1.54, 1.807) is 6.07 Å². The Hall–Kier alpha value is -0.840. The lowest BCUT2D eigenvalue weighted by Crippen LogP contribution is -2.25. The number of ether oxygens (including phenoxy) is 2. The molecule has 0 amide bonds. The first-order chi connectivity index (χ1) is 8.17. The van der Waals surface area contributed by atoms with Crippen molar-refractivity contribution in [1.82, 2.24) is 0 Å². The lowest BCUT2D eigenvalue weighted by molar-refractivity contribution is 0.0527. The van der Waals surface area contributed by atoms with Crippen molar-refractivity contribution in [1.29, 1.82) is 0 Å². The molecule has 17 heavy (non-hydrogen) atoms. The number of benzene rings is 1. The van der Waals surface area contributed by atoms with E-state index in [1.807, 2.05) is 6.92 Å². The highest BCUT2D eigenvalue weighted by atomic mass is 35.5. The van der Waals surface area contributed by atoms with Gasteiger partial charge in [-0.2, -0.15) is 0 Å². The van der Waals surface area contributed by atoms with Crippen molar-refractivity contribution < 1.29 is 13.9 Å². The van der Waals surface area contributed by atoms with E-state index in [0.717, 1.165) is 0 Å². The van der Waals surface area contributed by atoms with Gasteiger partial charge < -0.3 is 15.2 Å². The van der Waals surface area contributed by atoms with Crippen LogP contribution in [0.5, 0.6) is 5.75 Å². The van der Waals surface area contributed by atoms with E-state index in [1.165, 1.54) is 12.1 Å². The van der Waals surface area contributed by atoms with Gasteiger partial charge in [-0.25, -0.2) is 4.39 Å². The molecule has 0 spiro atoms. The second-order valence-corrected chi connectivity index (χ2v) is 3.93. The zero-order valence-electron chi connectivity index (χ0n) is 9.79. The summed E-state index contributed by atoms with van der Waals surface area (Å²) in [7, 11) is 0. The predicted octanol–water partition coefficient (Wildman–Crippen LogP) is 2.61. The smallest absolute Gasteiger partial charge is 0.142 e. The van der Waals surface area contributed by atoms with Gasteiger partial charge in [0.1, 0.15) is 11.6 Å². The van der Waals surface area contributed by atoms with Gasteiger partial charge in [-0.3, -0.25) is 0 Å². The topological polar surface area (TPSA) is 44.5 Å². The Morgan fingerprint density at radius 1 is 1.47 bits per heavy atom. The fraction of sp³-hybridized carbons (Fsp3) is 0.500. The molecule has 0 radical (unpaired) electrons. The number of hydrogen-bond acceptors (Lipinski definition) is 3. The monoisotopic (exact) mass is 261 g/mol. The van der Waals surface area contributed by atoms with E-state index in [0.29, 0.717) is 31.9 Å². The second-order valence-electron chi connectivity index (χ2n) is 3.53. The standard InChI is InChI=1S/C12H17ClFNO2/c1-2-16-10(8-15)5-6-17-9-3-4-12(14)11(13)7-9/h3-4,7,10H,2,5-6,8,15H2,1H3. The average Bonchev–Trinajstić information content (AvgIpc) is 2.32. The number of hydrogen-bond donors (Lipinski definition) is 1. The van der Waals surface area contributed by atoms with Gasteiger partial charge in [-0.1, -0.05) is 11.6 Å². The van der Waals surface area contributed by atoms with Crippen LogP contribution in [-0.4, -0.2) is 25.9 Å². The van der Waals surface area contributed by atoms with Crippen LogP contribution < -0.4 is 10.5 Å². The number of halogens is 2. The van der Waals surface area contributed by atoms with E-state index < -0.39 is 5.82 Å². The Morgan fingerprint density at radius 3 is 2.82 bits per heavy atom. The van der Waals surface area contributed by atoms with Crippen molar-refractivity contribution >= 4 is 11.6 Å². The van der Waals surface area contributed by atoms with Crippen molar-refractivity contribution in [2.45, 2.75) is 19.4 Å². The first-order valence-electron chi connectivity index (χ1n) is 5.57. The first-order valence-corrected chi connectivity index (χ1v) is 5.94. The lowest BCUT2D eigenvalue weighted by atomic mass is 10.2. The van der Waals surface area contributed by atoms with E-state index >= 15 is 0 Å². The van der Waals surface area contributed by atoms with Gasteiger partial charge in [-0.05, 0) is 19.1 Å². The Balaban J connectivity index is 2.37. The highest BCUT2D eigenvalue weighted by Crippen LogP contribution is 2.21. The van der Waals surface area contributed by atoms with Gasteiger partial charge in [-0.15, -0.1) is 0 Å². The minimum atomic E-state index is -0.451. The Bertz CT molecular complexity index is 349. The molecule has 0 aliphatic carbocycles. The molecule has 1 aromatic rings. The molecule has 1 rings (SSSR count). The molecular weight excluding hydrogens is 245 g/mol. The van der Waals surface area contributed by atoms with Gasteiger partial charge >= 0.3 is 0 Å². The highest BCUT2D eigenvalue weighted by Gasteiger charge is 2.07. The largest absolute Gasteiger partial charge is 0.493 e. The maximum atomic E-state index is 12.9. The molecular formula is C12H17ClFNO2. The summed E-state index contributed by atoms with van der Waals surface area (Å²) < 4.78 is 23.7. The molecule has 1 unspecified atom stereocenters. The third kappa shape index (κ3) is 4.89. The van der Waals surface area contributed by atoms with Gasteiger partial charge in [0, 0.05) is 25.6 Å². The number of nitrogens with two attached hydrogens (primary N) is 1. The molecule has 0 aromatic heterocycles. The van der Waals surface area contributed by atoms with Crippen LogP contribution in [0.4, 0.5) is 4.39 Å². The van der Waals surface area contributed by atoms with Crippen LogP contribution >= 0.6 is 11.6 Å². The minimum absolute atomic E-state index is 0.00378. The molecule has 0 fully saturated rings. The Labute approximate surface area is 106 Å². The molecule has 0 saturated heterocycles. The third-order valence-electron chi connectivity index (χ3n) is 2.26. The van der Waals surface area contributed by atoms with E-state index in [9.17, 15) is 4.39 Å². The Morgan fingerprint density at radius 2 is 2.24 bits per heavy atom. The number of rotatable bonds is 7. The summed E-state index contributed by atoms with van der Waals surface area (Å²) in [6, 6.07) is 4.27. The zero-order chi connectivity index (χ0) is 12.7. The predicted molar refractivity (Wildman–Crippen MR) is 66.0 cm³/mol. The van der Waals surface area contributed by atoms with Crippen LogP contribution in [0.25, 0.3) is 0 Å². The van der Waals surface area contributed by atoms with Crippen molar-refractivity contribution in [3.63, 3.8) is 0 Å². The quantitative estimate of drug-likeness (QED) is 0.821. The fourth-order valence-electron chi connectivity index (χ4n) is 1.38. The third-order valence-corrected chi connectivity index (χ3v) is 2.55. The molecule has 3 nitrogen and oxygen atoms in total. The summed E-state index contributed by atoms with van der Waals surface area (Å²) in [5, 5.41) is 0.0580. The SMILES string of the molecule is CCOC(CN)CCOc1ccc(F)c(Cl)c1. The highest BCUT2D eigenvalue weighted by molar-refractivity contribution is 6.30. The van der Waals surface area contributed by atoms with Crippen molar-refractivity contribution in [3.8, 4) is 5.75 Å². The molecule has 1 atom stereocenters. The van der Waals surface area contributed by atoms with Crippen LogP contribution in [0.15, 0.2) is 18.2 Å². The van der Waals surface area contributed by atoms with Crippen LogP contribution in [0.2, 0.25) is 5.02 Å². The van der Waals surface area contributed by atoms with E-state index in [2.05, 4.69) is 0 Å². The summed E-state index contributed by atoms with van der Waals surface area (Å²) in [5.74, 6) is 0.0943. The maximum Gasteiger partial charge on any atom is 0.142 e. The van der Waals surface area contributed by atoms with Gasteiger partial charge in [0.05, 0.1) is 17.7 Å². The second kappa shape index (κ2) is 7.48. The lowest BCUT2D eigenvalue weighted by Gasteiger charge is -2.15. The molecule has 0 heterocycles. The van der Waals surface area contributed by atoms with E-state index in [4.69, 9.17) is 26.8 Å². The summed E-state index contributed by atoms with van der Waals surface area (Å²) in [6.45, 7) is 3.47. The summed E-state index contributed by atoms with van der Waals surface area (Å²) >= 11 is 5.63. The van der Waals surface area contributed by atoms with Crippen LogP contribution in [-0.2, 0) is 4.74 Å². The van der Waals surface area contributed by atoms with Gasteiger partial charge in [0.15, 0.2) is 0 Å². The average molecular weight is 262 g/mol. The first kappa shape index (κ1) is 14.2. The van der Waals surface area contributed by atoms with Crippen LogP contribution in [0.3, 0.4) is 0 Å². The van der Waals surface area contributed by atoms with Crippen molar-refractivity contribution in [2.75, 3.05) is 19.8 Å². The summed E-state index contributed by atoms with van der Waals surface area (Å²) in [4.78, 5) is 0. The van der Waals surface area contributed by atoms with Gasteiger partial charge in [0.2, 0.25) is 0 Å². The summed E-state index contributed by atoms with van der Waals surface area (Å²) in [6.07, 6.45) is 0.690.